The van der Waals surface area contributed by atoms with Gasteiger partial charge in [-0.25, -0.2) is 4.39 Å². The molecule has 1 fully saturated rings. The molecule has 0 aromatic heterocycles. The minimum Gasteiger partial charge on any atom is -0.314 e. The normalized spacial score (nSPS) is 23.5. The van der Waals surface area contributed by atoms with E-state index in [9.17, 15) is 4.39 Å². The predicted molar refractivity (Wildman–Crippen MR) is 44.2 cm³/mol. The Hall–Kier alpha value is -0.150. The second-order valence-electron chi connectivity index (χ2n) is 3.01. The molecule has 0 aliphatic carbocycles. The number of nitrogens with zero attached hydrogens (tertiary/aromatic N) is 1. The molecule has 1 heterocycles. The standard InChI is InChI=1S/C8H17FN2/c1-2-3-8(9)11-6-4-10-5-7-11/h8,10H,2-7H2,1H3. The van der Waals surface area contributed by atoms with Crippen LogP contribution in [0.5, 0.6) is 0 Å². The van der Waals surface area contributed by atoms with Crippen molar-refractivity contribution in [3.8, 4) is 0 Å². The number of piperazine rings is 1. The van der Waals surface area contributed by atoms with Crippen LogP contribution >= 0.6 is 0 Å². The maximum absolute atomic E-state index is 13.2. The van der Waals surface area contributed by atoms with Crippen molar-refractivity contribution in [1.82, 2.24) is 10.2 Å². The molecule has 1 N–H and O–H groups in total. The van der Waals surface area contributed by atoms with Crippen LogP contribution < -0.4 is 5.32 Å². The lowest BCUT2D eigenvalue weighted by atomic mass is 10.2. The third-order valence-electron chi connectivity index (χ3n) is 2.07. The van der Waals surface area contributed by atoms with Gasteiger partial charge in [0.15, 0.2) is 6.30 Å². The molecule has 1 saturated heterocycles. The van der Waals surface area contributed by atoms with E-state index in [0.717, 1.165) is 32.6 Å². The smallest absolute Gasteiger partial charge is 0.153 e. The van der Waals surface area contributed by atoms with Gasteiger partial charge in [0.05, 0.1) is 0 Å². The van der Waals surface area contributed by atoms with Crippen LogP contribution in [0.25, 0.3) is 0 Å². The van der Waals surface area contributed by atoms with E-state index in [1.165, 1.54) is 0 Å². The molecule has 2 nitrogen and oxygen atoms in total. The maximum atomic E-state index is 13.2. The summed E-state index contributed by atoms with van der Waals surface area (Å²) in [4.78, 5) is 1.92. The molecule has 0 bridgehead atoms. The molecule has 3 heteroatoms. The van der Waals surface area contributed by atoms with Crippen molar-refractivity contribution in [2.45, 2.75) is 26.1 Å². The summed E-state index contributed by atoms with van der Waals surface area (Å²) in [6, 6.07) is 0. The molecular formula is C8H17FN2. The highest BCUT2D eigenvalue weighted by molar-refractivity contribution is 4.69. The van der Waals surface area contributed by atoms with Gasteiger partial charge in [-0.15, -0.1) is 0 Å². The molecule has 1 aliphatic rings. The summed E-state index contributed by atoms with van der Waals surface area (Å²) in [7, 11) is 0. The molecule has 0 aromatic carbocycles. The molecule has 1 rings (SSSR count). The predicted octanol–water partition coefficient (Wildman–Crippen LogP) is 0.987. The summed E-state index contributed by atoms with van der Waals surface area (Å²) in [5.74, 6) is 0. The van der Waals surface area contributed by atoms with Gasteiger partial charge in [0.2, 0.25) is 0 Å². The zero-order valence-corrected chi connectivity index (χ0v) is 7.15. The van der Waals surface area contributed by atoms with Gasteiger partial charge in [0, 0.05) is 26.2 Å². The number of halogens is 1. The topological polar surface area (TPSA) is 15.3 Å². The third-order valence-corrected chi connectivity index (χ3v) is 2.07. The van der Waals surface area contributed by atoms with Gasteiger partial charge >= 0.3 is 0 Å². The minimum absolute atomic E-state index is 0.681. The van der Waals surface area contributed by atoms with Crippen molar-refractivity contribution in [1.29, 1.82) is 0 Å². The Morgan fingerprint density at radius 2 is 2.09 bits per heavy atom. The minimum atomic E-state index is -0.706. The van der Waals surface area contributed by atoms with E-state index >= 15 is 0 Å². The van der Waals surface area contributed by atoms with Crippen LogP contribution in [0, 0.1) is 0 Å². The summed E-state index contributed by atoms with van der Waals surface area (Å²) >= 11 is 0. The third kappa shape index (κ3) is 2.75. The maximum Gasteiger partial charge on any atom is 0.153 e. The van der Waals surface area contributed by atoms with Gasteiger partial charge in [-0.2, -0.15) is 0 Å². The molecule has 1 aliphatic heterocycles. The molecule has 66 valence electrons. The van der Waals surface area contributed by atoms with Gasteiger partial charge in [-0.05, 0) is 6.42 Å². The van der Waals surface area contributed by atoms with Crippen LogP contribution in [0.3, 0.4) is 0 Å². The lowest BCUT2D eigenvalue weighted by molar-refractivity contribution is 0.0629. The van der Waals surface area contributed by atoms with Crippen LogP contribution in [-0.4, -0.2) is 37.4 Å². The first-order valence-corrected chi connectivity index (χ1v) is 4.43. The largest absolute Gasteiger partial charge is 0.314 e. The lowest BCUT2D eigenvalue weighted by Gasteiger charge is -2.29. The van der Waals surface area contributed by atoms with E-state index < -0.39 is 6.30 Å². The van der Waals surface area contributed by atoms with Crippen molar-refractivity contribution >= 4 is 0 Å². The molecule has 0 saturated carbocycles. The second-order valence-corrected chi connectivity index (χ2v) is 3.01. The average molecular weight is 160 g/mol. The molecule has 1 atom stereocenters. The number of hydrogen-bond donors (Lipinski definition) is 1. The van der Waals surface area contributed by atoms with E-state index in [4.69, 9.17) is 0 Å². The fourth-order valence-corrected chi connectivity index (χ4v) is 1.38. The highest BCUT2D eigenvalue weighted by Gasteiger charge is 2.17. The molecule has 11 heavy (non-hydrogen) atoms. The van der Waals surface area contributed by atoms with Gasteiger partial charge in [0.1, 0.15) is 0 Å². The Balaban J connectivity index is 2.21. The van der Waals surface area contributed by atoms with Crippen molar-refractivity contribution in [3.63, 3.8) is 0 Å². The Morgan fingerprint density at radius 1 is 1.45 bits per heavy atom. The van der Waals surface area contributed by atoms with Gasteiger partial charge < -0.3 is 5.32 Å². The number of hydrogen-bond acceptors (Lipinski definition) is 2. The molecular weight excluding hydrogens is 143 g/mol. The van der Waals surface area contributed by atoms with Gasteiger partial charge in [-0.3, -0.25) is 4.90 Å². The monoisotopic (exact) mass is 160 g/mol. The summed E-state index contributed by atoms with van der Waals surface area (Å²) in [6.45, 7) is 5.62. The molecule has 0 spiro atoms. The van der Waals surface area contributed by atoms with E-state index in [2.05, 4.69) is 5.32 Å². The number of rotatable bonds is 3. The Labute approximate surface area is 67.8 Å². The van der Waals surface area contributed by atoms with Crippen molar-refractivity contribution in [2.75, 3.05) is 26.2 Å². The summed E-state index contributed by atoms with van der Waals surface area (Å²) in [6.07, 6.45) is 0.910. The molecule has 0 aromatic rings. The van der Waals surface area contributed by atoms with Crippen molar-refractivity contribution in [3.05, 3.63) is 0 Å². The van der Waals surface area contributed by atoms with Crippen molar-refractivity contribution in [2.24, 2.45) is 0 Å². The number of alkyl halides is 1. The first-order valence-electron chi connectivity index (χ1n) is 4.43. The summed E-state index contributed by atoms with van der Waals surface area (Å²) in [5.41, 5.74) is 0. The van der Waals surface area contributed by atoms with Gasteiger partial charge in [-0.1, -0.05) is 13.3 Å². The quantitative estimate of drug-likeness (QED) is 0.619. The molecule has 0 amide bonds. The number of nitrogens with one attached hydrogen (secondary N) is 1. The Kier molecular flexibility index (Phi) is 3.80. The van der Waals surface area contributed by atoms with Crippen LogP contribution in [0.1, 0.15) is 19.8 Å². The fourth-order valence-electron chi connectivity index (χ4n) is 1.38. The Morgan fingerprint density at radius 3 is 2.64 bits per heavy atom. The first-order chi connectivity index (χ1) is 5.34. The van der Waals surface area contributed by atoms with E-state index in [1.807, 2.05) is 11.8 Å². The van der Waals surface area contributed by atoms with E-state index in [1.54, 1.807) is 0 Å². The van der Waals surface area contributed by atoms with Crippen LogP contribution in [0.15, 0.2) is 0 Å². The second kappa shape index (κ2) is 4.67. The molecule has 0 radical (unpaired) electrons. The fraction of sp³-hybridized carbons (Fsp3) is 1.00. The van der Waals surface area contributed by atoms with Gasteiger partial charge in [0.25, 0.3) is 0 Å². The first kappa shape index (κ1) is 8.94. The highest BCUT2D eigenvalue weighted by Crippen LogP contribution is 2.08. The zero-order chi connectivity index (χ0) is 8.10. The molecule has 1 unspecified atom stereocenters. The summed E-state index contributed by atoms with van der Waals surface area (Å²) in [5, 5.41) is 3.20. The van der Waals surface area contributed by atoms with Crippen molar-refractivity contribution < 1.29 is 4.39 Å². The van der Waals surface area contributed by atoms with E-state index in [0.29, 0.717) is 6.42 Å². The average Bonchev–Trinajstić information content (AvgIpc) is 2.07. The lowest BCUT2D eigenvalue weighted by Crippen LogP contribution is -2.46. The highest BCUT2D eigenvalue weighted by atomic mass is 19.1. The SMILES string of the molecule is CCCC(F)N1CCNCC1. The van der Waals surface area contributed by atoms with Crippen LogP contribution in [-0.2, 0) is 0 Å². The van der Waals surface area contributed by atoms with Crippen LogP contribution in [0.2, 0.25) is 0 Å². The van der Waals surface area contributed by atoms with E-state index in [-0.39, 0.29) is 0 Å². The van der Waals surface area contributed by atoms with Crippen LogP contribution in [0.4, 0.5) is 4.39 Å². The summed E-state index contributed by atoms with van der Waals surface area (Å²) < 4.78 is 13.2. The zero-order valence-electron chi connectivity index (χ0n) is 7.15. The Bertz CT molecular complexity index is 102.